The number of benzene rings is 1. The number of morpholine rings is 1. The Bertz CT molecular complexity index is 357. The molecule has 0 amide bonds. The van der Waals surface area contributed by atoms with Gasteiger partial charge in [-0.05, 0) is 12.5 Å². The Hall–Kier alpha value is -0.940. The number of hydrogen-bond acceptors (Lipinski definition) is 4. The van der Waals surface area contributed by atoms with Crippen molar-refractivity contribution in [1.29, 1.82) is 0 Å². The summed E-state index contributed by atoms with van der Waals surface area (Å²) < 4.78 is 5.58. The Morgan fingerprint density at radius 2 is 2.06 bits per heavy atom. The minimum absolute atomic E-state index is 0.0300. The van der Waals surface area contributed by atoms with Gasteiger partial charge < -0.3 is 14.9 Å². The molecule has 4 nitrogen and oxygen atoms in total. The van der Waals surface area contributed by atoms with Gasteiger partial charge in [-0.25, -0.2) is 0 Å². The molecule has 0 aliphatic carbocycles. The molecule has 0 unspecified atom stereocenters. The summed E-state index contributed by atoms with van der Waals surface area (Å²) in [5.74, 6) is 0. The summed E-state index contributed by atoms with van der Waals surface area (Å²) in [5, 5.41) is 19.3. The van der Waals surface area contributed by atoms with Gasteiger partial charge in [-0.2, -0.15) is 0 Å². The molecule has 18 heavy (non-hydrogen) atoms. The van der Waals surface area contributed by atoms with Gasteiger partial charge in [0.2, 0.25) is 0 Å². The molecule has 1 fully saturated rings. The number of rotatable bonds is 4. The average Bonchev–Trinajstić information content (AvgIpc) is 2.39. The van der Waals surface area contributed by atoms with E-state index in [-0.39, 0.29) is 18.8 Å². The van der Waals surface area contributed by atoms with Gasteiger partial charge in [0.15, 0.2) is 0 Å². The van der Waals surface area contributed by atoms with Crippen LogP contribution in [0.5, 0.6) is 0 Å². The van der Waals surface area contributed by atoms with Gasteiger partial charge in [0.25, 0.3) is 0 Å². The van der Waals surface area contributed by atoms with Crippen molar-refractivity contribution >= 4 is 0 Å². The molecule has 2 N–H and O–H groups in total. The van der Waals surface area contributed by atoms with Crippen LogP contribution >= 0.6 is 0 Å². The van der Waals surface area contributed by atoms with E-state index in [1.54, 1.807) is 0 Å². The molecule has 2 rings (SSSR count). The molecule has 1 aliphatic rings. The lowest BCUT2D eigenvalue weighted by Gasteiger charge is -2.37. The fraction of sp³-hybridized carbons (Fsp3) is 0.571. The molecular weight excluding hydrogens is 230 g/mol. The van der Waals surface area contributed by atoms with E-state index in [0.29, 0.717) is 13.1 Å². The monoisotopic (exact) mass is 251 g/mol. The Morgan fingerprint density at radius 3 is 2.72 bits per heavy atom. The maximum atomic E-state index is 10.2. The quantitative estimate of drug-likeness (QED) is 0.831. The van der Waals surface area contributed by atoms with Crippen molar-refractivity contribution in [3.8, 4) is 0 Å². The highest BCUT2D eigenvalue weighted by molar-refractivity contribution is 5.17. The molecule has 1 aromatic rings. The van der Waals surface area contributed by atoms with Crippen molar-refractivity contribution in [2.75, 3.05) is 26.2 Å². The van der Waals surface area contributed by atoms with Crippen molar-refractivity contribution in [3.05, 3.63) is 35.9 Å². The normalized spacial score (nSPS) is 27.1. The predicted octanol–water partition coefficient (Wildman–Crippen LogP) is 0.802. The second kappa shape index (κ2) is 6.29. The van der Waals surface area contributed by atoms with Gasteiger partial charge in [-0.3, -0.25) is 4.90 Å². The molecule has 0 bridgehead atoms. The Kier molecular flexibility index (Phi) is 4.72. The van der Waals surface area contributed by atoms with Crippen molar-refractivity contribution in [1.82, 2.24) is 4.90 Å². The van der Waals surface area contributed by atoms with Gasteiger partial charge in [0.1, 0.15) is 0 Å². The molecule has 3 atom stereocenters. The van der Waals surface area contributed by atoms with Crippen molar-refractivity contribution < 1.29 is 14.9 Å². The topological polar surface area (TPSA) is 52.9 Å². The maximum Gasteiger partial charge on any atom is 0.0936 e. The highest BCUT2D eigenvalue weighted by Crippen LogP contribution is 2.17. The molecule has 4 heteroatoms. The van der Waals surface area contributed by atoms with E-state index in [1.807, 2.05) is 37.3 Å². The number of aliphatic hydroxyl groups excluding tert-OH is 2. The molecule has 0 spiro atoms. The molecule has 1 aliphatic heterocycles. The van der Waals surface area contributed by atoms with E-state index in [0.717, 1.165) is 12.1 Å². The summed E-state index contributed by atoms with van der Waals surface area (Å²) in [4.78, 5) is 2.15. The van der Waals surface area contributed by atoms with Crippen LogP contribution in [0, 0.1) is 0 Å². The lowest BCUT2D eigenvalue weighted by Crippen LogP contribution is -2.49. The first-order valence-corrected chi connectivity index (χ1v) is 6.40. The smallest absolute Gasteiger partial charge is 0.0936 e. The number of ether oxygens (including phenoxy) is 1. The van der Waals surface area contributed by atoms with E-state index >= 15 is 0 Å². The van der Waals surface area contributed by atoms with Crippen LogP contribution in [-0.2, 0) is 4.74 Å². The van der Waals surface area contributed by atoms with E-state index in [1.165, 1.54) is 0 Å². The second-order valence-corrected chi connectivity index (χ2v) is 4.90. The summed E-state index contributed by atoms with van der Waals surface area (Å²) >= 11 is 0. The van der Waals surface area contributed by atoms with E-state index in [4.69, 9.17) is 9.84 Å². The fourth-order valence-corrected chi connectivity index (χ4v) is 2.42. The number of nitrogens with zero attached hydrogens (tertiary/aromatic N) is 1. The number of β-amino-alcohol motifs (C(OH)–C–C–N with tert-alkyl or cyclic N) is 1. The van der Waals surface area contributed by atoms with Gasteiger partial charge in [0.05, 0.1) is 24.9 Å². The molecule has 1 saturated heterocycles. The van der Waals surface area contributed by atoms with Gasteiger partial charge >= 0.3 is 0 Å². The van der Waals surface area contributed by atoms with Crippen molar-refractivity contribution in [3.63, 3.8) is 0 Å². The Balaban J connectivity index is 1.92. The van der Waals surface area contributed by atoms with Crippen LogP contribution in [0.2, 0.25) is 0 Å². The first-order valence-electron chi connectivity index (χ1n) is 6.40. The molecule has 1 aromatic carbocycles. The first-order chi connectivity index (χ1) is 8.69. The minimum atomic E-state index is -0.490. The molecular formula is C14H21NO3. The van der Waals surface area contributed by atoms with E-state index < -0.39 is 6.10 Å². The fourth-order valence-electron chi connectivity index (χ4n) is 2.42. The van der Waals surface area contributed by atoms with Crippen LogP contribution in [0.4, 0.5) is 0 Å². The highest BCUT2D eigenvalue weighted by Gasteiger charge is 2.26. The third kappa shape index (κ3) is 3.53. The van der Waals surface area contributed by atoms with Crippen molar-refractivity contribution in [2.24, 2.45) is 0 Å². The third-order valence-electron chi connectivity index (χ3n) is 3.22. The van der Waals surface area contributed by atoms with Crippen LogP contribution in [0.1, 0.15) is 18.6 Å². The van der Waals surface area contributed by atoms with Crippen LogP contribution in [0.15, 0.2) is 30.3 Å². The van der Waals surface area contributed by atoms with E-state index in [9.17, 15) is 5.11 Å². The third-order valence-corrected chi connectivity index (χ3v) is 3.22. The predicted molar refractivity (Wildman–Crippen MR) is 69.3 cm³/mol. The van der Waals surface area contributed by atoms with E-state index in [2.05, 4.69) is 4.90 Å². The van der Waals surface area contributed by atoms with Gasteiger partial charge in [0, 0.05) is 19.6 Å². The summed E-state index contributed by atoms with van der Waals surface area (Å²) in [6, 6.07) is 9.65. The molecule has 0 saturated carbocycles. The lowest BCUT2D eigenvalue weighted by molar-refractivity contribution is -0.102. The maximum absolute atomic E-state index is 10.2. The zero-order valence-electron chi connectivity index (χ0n) is 10.7. The zero-order valence-corrected chi connectivity index (χ0v) is 10.7. The number of aliphatic hydroxyl groups is 2. The average molecular weight is 251 g/mol. The molecule has 0 radical (unpaired) electrons. The lowest BCUT2D eigenvalue weighted by atomic mass is 10.1. The standard InChI is InChI=1S/C14H21NO3/c1-11-7-15(8-13(10-16)18-11)9-14(17)12-5-3-2-4-6-12/h2-6,11,13-14,16-17H,7-10H2,1H3/t11-,13-,14-/m1/s1. The Morgan fingerprint density at radius 1 is 1.33 bits per heavy atom. The van der Waals surface area contributed by atoms with Crippen LogP contribution < -0.4 is 0 Å². The van der Waals surface area contributed by atoms with Gasteiger partial charge in [-0.15, -0.1) is 0 Å². The SMILES string of the molecule is C[C@@H]1CN(C[C@@H](O)c2ccccc2)C[C@H](CO)O1. The van der Waals surface area contributed by atoms with Crippen LogP contribution in [0.3, 0.4) is 0 Å². The van der Waals surface area contributed by atoms with Crippen LogP contribution in [-0.4, -0.2) is 53.6 Å². The summed E-state index contributed by atoms with van der Waals surface area (Å²) in [6.07, 6.45) is -0.536. The first kappa shape index (κ1) is 13.5. The second-order valence-electron chi connectivity index (χ2n) is 4.90. The highest BCUT2D eigenvalue weighted by atomic mass is 16.5. The largest absolute Gasteiger partial charge is 0.394 e. The molecule has 1 heterocycles. The summed E-state index contributed by atoms with van der Waals surface area (Å²) in [5.41, 5.74) is 0.928. The minimum Gasteiger partial charge on any atom is -0.394 e. The van der Waals surface area contributed by atoms with Crippen molar-refractivity contribution in [2.45, 2.75) is 25.2 Å². The van der Waals surface area contributed by atoms with Gasteiger partial charge in [-0.1, -0.05) is 30.3 Å². The molecule has 0 aromatic heterocycles. The Labute approximate surface area is 108 Å². The zero-order chi connectivity index (χ0) is 13.0. The van der Waals surface area contributed by atoms with Crippen LogP contribution in [0.25, 0.3) is 0 Å². The molecule has 100 valence electrons. The summed E-state index contributed by atoms with van der Waals surface area (Å²) in [7, 11) is 0. The number of hydrogen-bond donors (Lipinski definition) is 2. The summed E-state index contributed by atoms with van der Waals surface area (Å²) in [6.45, 7) is 4.06.